The number of thioether (sulfide) groups is 2. The third-order valence-electron chi connectivity index (χ3n) is 6.44. The van der Waals surface area contributed by atoms with Gasteiger partial charge >= 0.3 is 5.97 Å². The molecule has 1 unspecified atom stereocenters. The monoisotopic (exact) mass is 572 g/mol. The minimum Gasteiger partial charge on any atom is -0.448 e. The van der Waals surface area contributed by atoms with Gasteiger partial charge in [0.25, 0.3) is 5.91 Å². The Morgan fingerprint density at radius 1 is 1.18 bits per heavy atom. The summed E-state index contributed by atoms with van der Waals surface area (Å²) < 4.78 is 7.74. The van der Waals surface area contributed by atoms with Crippen LogP contribution in [0.15, 0.2) is 101 Å². The Balaban J connectivity index is 1.32. The summed E-state index contributed by atoms with van der Waals surface area (Å²) in [6.45, 7) is 0. The van der Waals surface area contributed by atoms with Crippen LogP contribution in [0.25, 0.3) is 0 Å². The fourth-order valence-electron chi connectivity index (χ4n) is 4.50. The maximum absolute atomic E-state index is 14.0. The number of carbonyl (C=O) groups is 2. The molecule has 6 rings (SSSR count). The van der Waals surface area contributed by atoms with Crippen molar-refractivity contribution in [1.29, 1.82) is 0 Å². The van der Waals surface area contributed by atoms with Gasteiger partial charge in [-0.25, -0.2) is 14.5 Å². The average molecular weight is 573 g/mol. The maximum Gasteiger partial charge on any atom is 0.356 e. The number of nitrogens with one attached hydrogen (secondary N) is 2. The topological polar surface area (TPSA) is 131 Å². The van der Waals surface area contributed by atoms with Crippen LogP contribution in [0.2, 0.25) is 0 Å². The summed E-state index contributed by atoms with van der Waals surface area (Å²) in [4.78, 5) is 36.1. The highest BCUT2D eigenvalue weighted by Gasteiger charge is 2.54. The highest BCUT2D eigenvalue weighted by Crippen LogP contribution is 2.43. The number of tetrazole rings is 1. The molecule has 2 N–H and O–H groups in total. The Hall–Kier alpha value is -4.36. The average Bonchev–Trinajstić information content (AvgIpc) is 3.66. The number of H-pyrrole nitrogens is 1. The van der Waals surface area contributed by atoms with Gasteiger partial charge in [0, 0.05) is 25.2 Å². The first-order chi connectivity index (χ1) is 19.6. The van der Waals surface area contributed by atoms with Crippen molar-refractivity contribution in [2.45, 2.75) is 22.7 Å². The van der Waals surface area contributed by atoms with Gasteiger partial charge in [-0.3, -0.25) is 9.69 Å². The number of β-lactam (4-membered cyclic amide) rings is 1. The summed E-state index contributed by atoms with van der Waals surface area (Å²) in [5.74, 6) is 0.203. The quantitative estimate of drug-likeness (QED) is 0.174. The van der Waals surface area contributed by atoms with Gasteiger partial charge in [0.2, 0.25) is 11.1 Å². The molecule has 13 heteroatoms. The number of hydrogen-bond donors (Lipinski definition) is 2. The second-order valence-corrected chi connectivity index (χ2v) is 10.9. The molecule has 2 aliphatic rings. The van der Waals surface area contributed by atoms with Crippen molar-refractivity contribution < 1.29 is 14.3 Å². The zero-order chi connectivity index (χ0) is 27.5. The number of aromatic amines is 1. The standard InChI is InChI=1S/C27H24N8O3S2/c1-34-27(31-32-33-34)39-15-12-19-16-40-24-20(30-26-28-13-14-29-26)23(36)35(24)21(19)25(37)38-22(17-8-4-2-5-9-17)18-10-6-3-7-11-18/h2-15,20,22,24H,16H2,1H3,(H2,28,29,30)/b15-12+/t20?,24-/m1/s1. The van der Waals surface area contributed by atoms with Crippen molar-refractivity contribution in [2.75, 3.05) is 11.1 Å². The van der Waals surface area contributed by atoms with Crippen molar-refractivity contribution >= 4 is 41.3 Å². The molecule has 0 aliphatic carbocycles. The van der Waals surface area contributed by atoms with Crippen LogP contribution in [0.3, 0.4) is 0 Å². The van der Waals surface area contributed by atoms with Crippen LogP contribution in [0.4, 0.5) is 5.95 Å². The molecule has 2 aliphatic heterocycles. The van der Waals surface area contributed by atoms with Crippen molar-refractivity contribution in [2.24, 2.45) is 7.05 Å². The number of allylic oxidation sites excluding steroid dienone is 1. The third-order valence-corrected chi connectivity index (χ3v) is 8.57. The number of carbonyl (C=O) groups excluding carboxylic acids is 2. The van der Waals surface area contributed by atoms with Crippen LogP contribution in [0, 0.1) is 0 Å². The first-order valence-electron chi connectivity index (χ1n) is 12.4. The van der Waals surface area contributed by atoms with Gasteiger partial charge in [0.1, 0.15) is 17.1 Å². The van der Waals surface area contributed by atoms with Crippen LogP contribution in [0.1, 0.15) is 17.2 Å². The summed E-state index contributed by atoms with van der Waals surface area (Å²) in [6.07, 6.45) is 4.47. The van der Waals surface area contributed by atoms with Crippen molar-refractivity contribution in [1.82, 2.24) is 35.1 Å². The summed E-state index contributed by atoms with van der Waals surface area (Å²) in [7, 11) is 1.75. The molecule has 11 nitrogen and oxygen atoms in total. The molecule has 40 heavy (non-hydrogen) atoms. The van der Waals surface area contributed by atoms with Gasteiger partial charge in [-0.1, -0.05) is 72.4 Å². The zero-order valence-electron chi connectivity index (χ0n) is 21.2. The SMILES string of the molecule is Cn1nnnc1S/C=C/C1=C(C(=O)OC(c2ccccc2)c2ccccc2)N2C(=O)C(Nc3ncc[nH]3)[C@H]2SC1. The highest BCUT2D eigenvalue weighted by atomic mass is 32.2. The van der Waals surface area contributed by atoms with E-state index in [4.69, 9.17) is 4.74 Å². The van der Waals surface area contributed by atoms with E-state index in [2.05, 4.69) is 30.8 Å². The molecule has 202 valence electrons. The summed E-state index contributed by atoms with van der Waals surface area (Å²) in [5.41, 5.74) is 2.58. The number of benzene rings is 2. The predicted octanol–water partition coefficient (Wildman–Crippen LogP) is 3.52. The molecule has 2 aromatic heterocycles. The second-order valence-electron chi connectivity index (χ2n) is 8.96. The fraction of sp³-hybridized carbons (Fsp3) is 0.185. The van der Waals surface area contributed by atoms with E-state index in [1.54, 1.807) is 35.9 Å². The highest BCUT2D eigenvalue weighted by molar-refractivity contribution is 8.02. The maximum atomic E-state index is 14.0. The number of ether oxygens (including phenoxy) is 1. The van der Waals surface area contributed by atoms with E-state index in [1.807, 2.05) is 72.1 Å². The zero-order valence-corrected chi connectivity index (χ0v) is 22.9. The molecule has 2 aromatic carbocycles. The Bertz CT molecular complexity index is 1520. The number of anilines is 1. The number of hydrogen-bond acceptors (Lipinski definition) is 10. The first kappa shape index (κ1) is 25.9. The lowest BCUT2D eigenvalue weighted by Gasteiger charge is -2.49. The Morgan fingerprint density at radius 2 is 1.90 bits per heavy atom. The molecule has 0 spiro atoms. The number of esters is 1. The molecule has 4 aromatic rings. The van der Waals surface area contributed by atoms with Gasteiger partial charge < -0.3 is 15.0 Å². The third kappa shape index (κ3) is 5.12. The van der Waals surface area contributed by atoms with Gasteiger partial charge in [0.05, 0.1) is 0 Å². The number of imidazole rings is 1. The molecule has 0 bridgehead atoms. The van der Waals surface area contributed by atoms with Crippen LogP contribution in [-0.4, -0.2) is 64.1 Å². The molecular formula is C27H24N8O3S2. The fourth-order valence-corrected chi connectivity index (χ4v) is 6.44. The van der Waals surface area contributed by atoms with E-state index < -0.39 is 18.1 Å². The smallest absolute Gasteiger partial charge is 0.356 e. The molecule has 0 radical (unpaired) electrons. The molecule has 0 saturated carbocycles. The van der Waals surface area contributed by atoms with Crippen LogP contribution in [0.5, 0.6) is 0 Å². The number of aryl methyl sites for hydroxylation is 1. The summed E-state index contributed by atoms with van der Waals surface area (Å²) in [5, 5.41) is 16.7. The Kier molecular flexibility index (Phi) is 7.38. The number of rotatable bonds is 9. The second kappa shape index (κ2) is 11.4. The molecule has 1 amide bonds. The molecule has 1 saturated heterocycles. The number of aromatic nitrogens is 6. The van der Waals surface area contributed by atoms with E-state index in [0.29, 0.717) is 22.4 Å². The number of nitrogens with zero attached hydrogens (tertiary/aromatic N) is 6. The molecular weight excluding hydrogens is 548 g/mol. The van der Waals surface area contributed by atoms with Gasteiger partial charge in [-0.05, 0) is 38.6 Å². The first-order valence-corrected chi connectivity index (χ1v) is 14.3. The Morgan fingerprint density at radius 3 is 2.52 bits per heavy atom. The van der Waals surface area contributed by atoms with E-state index >= 15 is 0 Å². The predicted molar refractivity (Wildman–Crippen MR) is 151 cm³/mol. The normalized spacial score (nSPS) is 18.6. The lowest BCUT2D eigenvalue weighted by Crippen LogP contribution is -2.67. The van der Waals surface area contributed by atoms with Crippen LogP contribution in [-0.2, 0) is 21.4 Å². The van der Waals surface area contributed by atoms with E-state index in [9.17, 15) is 9.59 Å². The largest absolute Gasteiger partial charge is 0.448 e. The number of fused-ring (bicyclic) bond motifs is 1. The molecule has 4 heterocycles. The lowest BCUT2D eigenvalue weighted by molar-refractivity contribution is -0.152. The minimum absolute atomic E-state index is 0.229. The van der Waals surface area contributed by atoms with E-state index in [-0.39, 0.29) is 17.0 Å². The Labute approximate surface area is 238 Å². The molecule has 1 fully saturated rings. The van der Waals surface area contributed by atoms with Crippen molar-refractivity contribution in [3.05, 3.63) is 107 Å². The van der Waals surface area contributed by atoms with Crippen molar-refractivity contribution in [3.8, 4) is 0 Å². The summed E-state index contributed by atoms with van der Waals surface area (Å²) >= 11 is 2.88. The van der Waals surface area contributed by atoms with Crippen LogP contribution >= 0.6 is 23.5 Å². The lowest BCUT2D eigenvalue weighted by atomic mass is 10.0. The molecule has 2 atom stereocenters. The number of amides is 1. The van der Waals surface area contributed by atoms with E-state index in [0.717, 1.165) is 11.1 Å². The minimum atomic E-state index is -0.645. The van der Waals surface area contributed by atoms with Crippen LogP contribution < -0.4 is 5.32 Å². The van der Waals surface area contributed by atoms with Crippen molar-refractivity contribution in [3.63, 3.8) is 0 Å². The van der Waals surface area contributed by atoms with Gasteiger partial charge in [-0.2, -0.15) is 0 Å². The summed E-state index contributed by atoms with van der Waals surface area (Å²) in [6, 6.07) is 18.6. The van der Waals surface area contributed by atoms with Gasteiger partial charge in [0.15, 0.2) is 6.10 Å². The van der Waals surface area contributed by atoms with Gasteiger partial charge in [-0.15, -0.1) is 16.9 Å². The van der Waals surface area contributed by atoms with E-state index in [1.165, 1.54) is 16.7 Å².